The molecule has 1 aliphatic heterocycles. The van der Waals surface area contributed by atoms with E-state index in [2.05, 4.69) is 10.6 Å². The van der Waals surface area contributed by atoms with Gasteiger partial charge in [0, 0.05) is 46.2 Å². The number of amides is 3. The van der Waals surface area contributed by atoms with Gasteiger partial charge in [-0.15, -0.1) is 0 Å². The zero-order chi connectivity index (χ0) is 14.3. The second kappa shape index (κ2) is 7.57. The molecule has 0 aromatic heterocycles. The number of urea groups is 1. The van der Waals surface area contributed by atoms with Crippen LogP contribution in [0.3, 0.4) is 0 Å². The molecule has 1 heterocycles. The minimum Gasteiger partial charge on any atom is -0.480 e. The molecule has 3 amide bonds. The minimum absolute atomic E-state index is 0.00608. The molecule has 1 aliphatic rings. The lowest BCUT2D eigenvalue weighted by Crippen LogP contribution is -2.52. The molecule has 1 rings (SSSR count). The topological polar surface area (TPSA) is 102 Å². The maximum Gasteiger partial charge on any atom is 0.317 e. The zero-order valence-corrected chi connectivity index (χ0v) is 11.0. The molecule has 0 atom stereocenters. The van der Waals surface area contributed by atoms with Crippen LogP contribution in [0.4, 0.5) is 4.79 Å². The van der Waals surface area contributed by atoms with Gasteiger partial charge >= 0.3 is 12.0 Å². The average Bonchev–Trinajstić information content (AvgIpc) is 2.38. The first-order chi connectivity index (χ1) is 9.02. The minimum atomic E-state index is -0.858. The van der Waals surface area contributed by atoms with Crippen LogP contribution in [0.5, 0.6) is 0 Å². The Morgan fingerprint density at radius 3 is 2.32 bits per heavy atom. The number of aliphatic carboxylic acids is 1. The quantitative estimate of drug-likeness (QED) is 0.567. The molecular weight excluding hydrogens is 252 g/mol. The van der Waals surface area contributed by atoms with E-state index in [0.29, 0.717) is 32.7 Å². The number of carboxylic acid groups (broad SMARTS) is 1. The van der Waals surface area contributed by atoms with Gasteiger partial charge in [-0.2, -0.15) is 0 Å². The number of rotatable bonds is 5. The van der Waals surface area contributed by atoms with Gasteiger partial charge in [-0.1, -0.05) is 0 Å². The number of hydrogen-bond donors (Lipinski definition) is 3. The predicted octanol–water partition coefficient (Wildman–Crippen LogP) is -1.47. The first-order valence-electron chi connectivity index (χ1n) is 6.20. The fourth-order valence-corrected chi connectivity index (χ4v) is 1.82. The summed E-state index contributed by atoms with van der Waals surface area (Å²) in [6.45, 7) is 2.41. The Morgan fingerprint density at radius 2 is 1.79 bits per heavy atom. The van der Waals surface area contributed by atoms with E-state index in [0.717, 1.165) is 0 Å². The lowest BCUT2D eigenvalue weighted by Gasteiger charge is -2.33. The maximum absolute atomic E-state index is 11.7. The van der Waals surface area contributed by atoms with Gasteiger partial charge in [0.15, 0.2) is 0 Å². The second-order valence-corrected chi connectivity index (χ2v) is 4.31. The van der Waals surface area contributed by atoms with Gasteiger partial charge in [0.05, 0.1) is 6.54 Å². The van der Waals surface area contributed by atoms with E-state index >= 15 is 0 Å². The molecule has 8 nitrogen and oxygen atoms in total. The van der Waals surface area contributed by atoms with E-state index in [-0.39, 0.29) is 24.9 Å². The third kappa shape index (κ3) is 5.56. The molecule has 0 aromatic rings. The van der Waals surface area contributed by atoms with E-state index < -0.39 is 5.97 Å². The van der Waals surface area contributed by atoms with Gasteiger partial charge in [0.25, 0.3) is 0 Å². The van der Waals surface area contributed by atoms with Gasteiger partial charge in [0.1, 0.15) is 0 Å². The Labute approximate surface area is 111 Å². The number of carboxylic acids is 1. The van der Waals surface area contributed by atoms with Crippen LogP contribution < -0.4 is 10.6 Å². The Morgan fingerprint density at radius 1 is 1.16 bits per heavy atom. The van der Waals surface area contributed by atoms with Crippen LogP contribution >= 0.6 is 0 Å². The number of hydrogen-bond acceptors (Lipinski definition) is 4. The summed E-state index contributed by atoms with van der Waals surface area (Å²) < 4.78 is 0. The molecule has 108 valence electrons. The van der Waals surface area contributed by atoms with E-state index in [4.69, 9.17) is 5.11 Å². The fraction of sp³-hybridized carbons (Fsp3) is 0.727. The monoisotopic (exact) mass is 272 g/mol. The molecule has 0 unspecified atom stereocenters. The predicted molar refractivity (Wildman–Crippen MR) is 67.7 cm³/mol. The molecule has 0 aromatic carbocycles. The third-order valence-corrected chi connectivity index (χ3v) is 2.93. The molecule has 0 aliphatic carbocycles. The number of carbonyl (C=O) groups is 3. The first kappa shape index (κ1) is 15.2. The summed E-state index contributed by atoms with van der Waals surface area (Å²) in [4.78, 5) is 36.7. The molecule has 3 N–H and O–H groups in total. The normalized spacial score (nSPS) is 15.9. The van der Waals surface area contributed by atoms with Crippen LogP contribution in [0.2, 0.25) is 0 Å². The van der Waals surface area contributed by atoms with Crippen molar-refractivity contribution in [2.75, 3.05) is 46.3 Å². The summed E-state index contributed by atoms with van der Waals surface area (Å²) in [6, 6.07) is -0.209. The maximum atomic E-state index is 11.7. The van der Waals surface area contributed by atoms with Crippen LogP contribution in [0.15, 0.2) is 0 Å². The summed E-state index contributed by atoms with van der Waals surface area (Å²) in [5, 5.41) is 13.8. The SMILES string of the molecule is CNC(=O)CCNC(=O)N1CCN(CC(=O)O)CC1. The number of carbonyl (C=O) groups excluding carboxylic acids is 2. The van der Waals surface area contributed by atoms with Crippen LogP contribution in [-0.4, -0.2) is 79.1 Å². The van der Waals surface area contributed by atoms with Gasteiger partial charge in [0.2, 0.25) is 5.91 Å². The Balaban J connectivity index is 2.21. The van der Waals surface area contributed by atoms with E-state index in [9.17, 15) is 14.4 Å². The number of piperazine rings is 1. The Kier molecular flexibility index (Phi) is 6.07. The lowest BCUT2D eigenvalue weighted by molar-refractivity contribution is -0.138. The molecular formula is C11H20N4O4. The summed E-state index contributed by atoms with van der Waals surface area (Å²) in [5.41, 5.74) is 0. The van der Waals surface area contributed by atoms with Crippen molar-refractivity contribution in [3.63, 3.8) is 0 Å². The van der Waals surface area contributed by atoms with Crippen molar-refractivity contribution < 1.29 is 19.5 Å². The van der Waals surface area contributed by atoms with E-state index in [1.165, 1.54) is 0 Å². The van der Waals surface area contributed by atoms with Crippen LogP contribution in [-0.2, 0) is 9.59 Å². The summed E-state index contributed by atoms with van der Waals surface area (Å²) in [6.07, 6.45) is 0.251. The highest BCUT2D eigenvalue weighted by Gasteiger charge is 2.21. The number of nitrogens with one attached hydrogen (secondary N) is 2. The molecule has 1 fully saturated rings. The van der Waals surface area contributed by atoms with Gasteiger partial charge in [-0.25, -0.2) is 4.79 Å². The summed E-state index contributed by atoms with van der Waals surface area (Å²) >= 11 is 0. The highest BCUT2D eigenvalue weighted by molar-refractivity contribution is 5.78. The highest BCUT2D eigenvalue weighted by atomic mass is 16.4. The van der Waals surface area contributed by atoms with Crippen LogP contribution in [0, 0.1) is 0 Å². The smallest absolute Gasteiger partial charge is 0.317 e. The lowest BCUT2D eigenvalue weighted by atomic mass is 10.3. The Hall–Kier alpha value is -1.83. The summed E-state index contributed by atoms with van der Waals surface area (Å²) in [7, 11) is 1.55. The van der Waals surface area contributed by atoms with Crippen molar-refractivity contribution in [2.24, 2.45) is 0 Å². The van der Waals surface area contributed by atoms with Crippen molar-refractivity contribution in [3.05, 3.63) is 0 Å². The van der Waals surface area contributed by atoms with E-state index in [1.807, 2.05) is 0 Å². The van der Waals surface area contributed by atoms with Crippen molar-refractivity contribution >= 4 is 17.9 Å². The largest absolute Gasteiger partial charge is 0.480 e. The average molecular weight is 272 g/mol. The zero-order valence-electron chi connectivity index (χ0n) is 11.0. The highest BCUT2D eigenvalue weighted by Crippen LogP contribution is 2.01. The van der Waals surface area contributed by atoms with Crippen molar-refractivity contribution in [3.8, 4) is 0 Å². The third-order valence-electron chi connectivity index (χ3n) is 2.93. The Bertz CT molecular complexity index is 340. The van der Waals surface area contributed by atoms with Gasteiger partial charge < -0.3 is 20.6 Å². The first-order valence-corrected chi connectivity index (χ1v) is 6.20. The number of nitrogens with zero attached hydrogens (tertiary/aromatic N) is 2. The fourth-order valence-electron chi connectivity index (χ4n) is 1.82. The van der Waals surface area contributed by atoms with Gasteiger partial charge in [-0.05, 0) is 0 Å². The van der Waals surface area contributed by atoms with Crippen molar-refractivity contribution in [2.45, 2.75) is 6.42 Å². The molecule has 0 radical (unpaired) electrons. The standard InChI is InChI=1S/C11H20N4O4/c1-12-9(16)2-3-13-11(19)15-6-4-14(5-7-15)8-10(17)18/h2-8H2,1H3,(H,12,16)(H,13,19)(H,17,18). The summed E-state index contributed by atoms with van der Waals surface area (Å²) in [5.74, 6) is -0.977. The van der Waals surface area contributed by atoms with Crippen LogP contribution in [0.1, 0.15) is 6.42 Å². The van der Waals surface area contributed by atoms with Crippen molar-refractivity contribution in [1.82, 2.24) is 20.4 Å². The van der Waals surface area contributed by atoms with Crippen molar-refractivity contribution in [1.29, 1.82) is 0 Å². The van der Waals surface area contributed by atoms with Crippen LogP contribution in [0.25, 0.3) is 0 Å². The second-order valence-electron chi connectivity index (χ2n) is 4.31. The molecule has 0 saturated carbocycles. The molecule has 19 heavy (non-hydrogen) atoms. The molecule has 0 spiro atoms. The van der Waals surface area contributed by atoms with E-state index in [1.54, 1.807) is 16.8 Å². The molecule has 8 heteroatoms. The van der Waals surface area contributed by atoms with Gasteiger partial charge in [-0.3, -0.25) is 14.5 Å². The molecule has 1 saturated heterocycles. The molecule has 0 bridgehead atoms.